The van der Waals surface area contributed by atoms with Crippen molar-refractivity contribution in [1.29, 1.82) is 0 Å². The molecule has 10 nitrogen and oxygen atoms in total. The third kappa shape index (κ3) is 6.30. The zero-order chi connectivity index (χ0) is 30.6. The number of hydrogen-bond acceptors (Lipinski definition) is 8. The fraction of sp³-hybridized carbons (Fsp3) is 0.636. The first-order valence-electron chi connectivity index (χ1n) is 16.2. The van der Waals surface area contributed by atoms with Crippen LogP contribution in [0.4, 0.5) is 23.1 Å². The van der Waals surface area contributed by atoms with E-state index in [0.29, 0.717) is 37.2 Å². The van der Waals surface area contributed by atoms with Gasteiger partial charge in [-0.3, -0.25) is 19.4 Å². The number of rotatable bonds is 7. The molecule has 3 fully saturated rings. The summed E-state index contributed by atoms with van der Waals surface area (Å²) in [6.45, 7) is 13.4. The van der Waals surface area contributed by atoms with E-state index in [1.807, 2.05) is 17.0 Å². The Balaban J connectivity index is 0.000000868. The number of carbonyl (C=O) groups is 2. The molecule has 4 heterocycles. The molecule has 2 amide bonds. The van der Waals surface area contributed by atoms with E-state index in [2.05, 4.69) is 59.2 Å². The maximum atomic E-state index is 13.9. The number of nitrogens with one attached hydrogen (secondary N) is 2. The number of ether oxygens (including phenoxy) is 1. The molecule has 1 aromatic carbocycles. The van der Waals surface area contributed by atoms with Gasteiger partial charge in [0.15, 0.2) is 0 Å². The third-order valence-electron chi connectivity index (χ3n) is 9.47. The number of fused-ring (bicyclic) bond motifs is 1. The lowest BCUT2D eigenvalue weighted by atomic mass is 9.76. The smallest absolute Gasteiger partial charge is 0.244 e. The molecule has 234 valence electrons. The molecular formula is C33H49N7O3. The standard InChI is InChI=1S/C29H39N7O3.C4H10/c1-19(2)34-12-14-35(15-13-34)23-9-8-21(16-24(23)39-3)32-28-31-18-20-17-29(10-11-30-26(29)37)27(38)36(25(20)33-28)22-6-4-5-7-22;1-3-4-2/h8-9,16,18-19,22H,4-7,10-15,17H2,1-3H3,(H,30,37)(H,31,32,33);3-4H2,1-2H3. The van der Waals surface area contributed by atoms with Crippen LogP contribution in [0.5, 0.6) is 5.75 Å². The van der Waals surface area contributed by atoms with Gasteiger partial charge in [-0.2, -0.15) is 4.98 Å². The first-order valence-corrected chi connectivity index (χ1v) is 16.2. The van der Waals surface area contributed by atoms with Gasteiger partial charge in [0.2, 0.25) is 17.8 Å². The second-order valence-corrected chi connectivity index (χ2v) is 12.5. The molecule has 10 heteroatoms. The first-order chi connectivity index (χ1) is 20.8. The fourth-order valence-electron chi connectivity index (χ4n) is 6.69. The summed E-state index contributed by atoms with van der Waals surface area (Å²) in [6.07, 6.45) is 9.32. The summed E-state index contributed by atoms with van der Waals surface area (Å²) in [5.41, 5.74) is 1.73. The second kappa shape index (κ2) is 13.5. The number of carbonyl (C=O) groups excluding carboxylic acids is 2. The highest BCUT2D eigenvalue weighted by molar-refractivity contribution is 6.14. The van der Waals surface area contributed by atoms with Gasteiger partial charge in [0.05, 0.1) is 12.8 Å². The van der Waals surface area contributed by atoms with Crippen molar-refractivity contribution in [2.24, 2.45) is 5.41 Å². The number of amides is 2. The van der Waals surface area contributed by atoms with Gasteiger partial charge in [-0.1, -0.05) is 39.5 Å². The Bertz CT molecular complexity index is 1290. The van der Waals surface area contributed by atoms with E-state index in [1.54, 1.807) is 13.3 Å². The zero-order valence-electron chi connectivity index (χ0n) is 26.6. The van der Waals surface area contributed by atoms with E-state index < -0.39 is 5.41 Å². The van der Waals surface area contributed by atoms with Gasteiger partial charge >= 0.3 is 0 Å². The third-order valence-corrected chi connectivity index (χ3v) is 9.47. The van der Waals surface area contributed by atoms with Gasteiger partial charge in [0.1, 0.15) is 17.0 Å². The number of methoxy groups -OCH3 is 1. The Hall–Kier alpha value is -3.40. The second-order valence-electron chi connectivity index (χ2n) is 12.5. The average molecular weight is 592 g/mol. The number of unbranched alkanes of at least 4 members (excludes halogenated alkanes) is 1. The number of aromatic nitrogens is 2. The SMILES string of the molecule is CCCC.COc1cc(Nc2ncc3c(n2)N(C2CCCC2)C(=O)C2(CCNC2=O)C3)ccc1N1CCN(C(C)C)CC1. The van der Waals surface area contributed by atoms with Gasteiger partial charge in [0.25, 0.3) is 0 Å². The minimum atomic E-state index is -1.03. The van der Waals surface area contributed by atoms with Gasteiger partial charge in [-0.15, -0.1) is 0 Å². The minimum Gasteiger partial charge on any atom is -0.495 e. The van der Waals surface area contributed by atoms with E-state index in [1.165, 1.54) is 12.8 Å². The van der Waals surface area contributed by atoms with E-state index in [0.717, 1.165) is 74.6 Å². The van der Waals surface area contributed by atoms with E-state index in [9.17, 15) is 9.59 Å². The molecule has 1 unspecified atom stereocenters. The minimum absolute atomic E-state index is 0.0696. The monoisotopic (exact) mass is 591 g/mol. The Kier molecular flexibility index (Phi) is 9.74. The van der Waals surface area contributed by atoms with Crippen LogP contribution in [0.3, 0.4) is 0 Å². The summed E-state index contributed by atoms with van der Waals surface area (Å²) in [5, 5.41) is 6.22. The number of anilines is 4. The molecule has 1 aliphatic carbocycles. The van der Waals surface area contributed by atoms with E-state index >= 15 is 0 Å². The van der Waals surface area contributed by atoms with Crippen LogP contribution in [0.2, 0.25) is 0 Å². The number of nitrogens with zero attached hydrogens (tertiary/aromatic N) is 5. The van der Waals surface area contributed by atoms with E-state index in [4.69, 9.17) is 9.72 Å². The molecule has 1 saturated carbocycles. The highest BCUT2D eigenvalue weighted by Crippen LogP contribution is 2.44. The van der Waals surface area contributed by atoms with Crippen molar-refractivity contribution in [2.45, 2.75) is 91.1 Å². The molecule has 6 rings (SSSR count). The Morgan fingerprint density at radius 1 is 1.09 bits per heavy atom. The fourth-order valence-corrected chi connectivity index (χ4v) is 6.69. The van der Waals surface area contributed by atoms with E-state index in [-0.39, 0.29) is 17.9 Å². The topological polar surface area (TPSA) is 103 Å². The van der Waals surface area contributed by atoms with Crippen molar-refractivity contribution in [3.8, 4) is 5.75 Å². The number of piperazine rings is 1. The molecule has 1 aromatic heterocycles. The molecular weight excluding hydrogens is 542 g/mol. The summed E-state index contributed by atoms with van der Waals surface area (Å²) in [4.78, 5) is 42.9. The molecule has 2 N–H and O–H groups in total. The van der Waals surface area contributed by atoms with Crippen LogP contribution in [0.25, 0.3) is 0 Å². The molecule has 2 aromatic rings. The largest absolute Gasteiger partial charge is 0.495 e. The summed E-state index contributed by atoms with van der Waals surface area (Å²) < 4.78 is 5.78. The lowest BCUT2D eigenvalue weighted by Crippen LogP contribution is -2.56. The van der Waals surface area contributed by atoms with Crippen LogP contribution in [0, 0.1) is 5.41 Å². The molecule has 3 aliphatic heterocycles. The summed E-state index contributed by atoms with van der Waals surface area (Å²) in [6, 6.07) is 6.71. The lowest BCUT2D eigenvalue weighted by Gasteiger charge is -2.40. The zero-order valence-corrected chi connectivity index (χ0v) is 26.6. The van der Waals surface area contributed by atoms with Crippen molar-refractivity contribution in [3.05, 3.63) is 30.0 Å². The van der Waals surface area contributed by atoms with Crippen molar-refractivity contribution in [3.63, 3.8) is 0 Å². The van der Waals surface area contributed by atoms with Crippen molar-refractivity contribution < 1.29 is 14.3 Å². The summed E-state index contributed by atoms with van der Waals surface area (Å²) in [5.74, 6) is 1.59. The maximum Gasteiger partial charge on any atom is 0.244 e. The maximum absolute atomic E-state index is 13.9. The molecule has 1 atom stereocenters. The summed E-state index contributed by atoms with van der Waals surface area (Å²) >= 11 is 0. The highest BCUT2D eigenvalue weighted by atomic mass is 16.5. The normalized spacial score (nSPS) is 22.5. The highest BCUT2D eigenvalue weighted by Gasteiger charge is 2.56. The van der Waals surface area contributed by atoms with Crippen LogP contribution in [0.15, 0.2) is 24.4 Å². The molecule has 1 spiro atoms. The predicted octanol–water partition coefficient (Wildman–Crippen LogP) is 4.90. The van der Waals surface area contributed by atoms with Gasteiger partial charge < -0.3 is 20.3 Å². The average Bonchev–Trinajstić information content (AvgIpc) is 3.68. The van der Waals surface area contributed by atoms with Crippen LogP contribution >= 0.6 is 0 Å². The van der Waals surface area contributed by atoms with Gasteiger partial charge in [0, 0.05) is 74.7 Å². The van der Waals surface area contributed by atoms with Crippen molar-refractivity contribution in [2.75, 3.05) is 55.0 Å². The van der Waals surface area contributed by atoms with Gasteiger partial charge in [-0.25, -0.2) is 4.98 Å². The molecule has 2 saturated heterocycles. The first kappa shape index (κ1) is 31.0. The quantitative estimate of drug-likeness (QED) is 0.439. The molecule has 0 radical (unpaired) electrons. The number of benzene rings is 1. The molecule has 4 aliphatic rings. The van der Waals surface area contributed by atoms with Crippen LogP contribution in [-0.2, 0) is 16.0 Å². The summed E-state index contributed by atoms with van der Waals surface area (Å²) in [7, 11) is 1.70. The Labute approximate surface area is 256 Å². The Morgan fingerprint density at radius 3 is 2.42 bits per heavy atom. The van der Waals surface area contributed by atoms with Crippen molar-refractivity contribution >= 4 is 35.0 Å². The van der Waals surface area contributed by atoms with Crippen LogP contribution in [-0.4, -0.2) is 78.6 Å². The van der Waals surface area contributed by atoms with Crippen molar-refractivity contribution in [1.82, 2.24) is 20.2 Å². The van der Waals surface area contributed by atoms with Crippen LogP contribution in [0.1, 0.15) is 78.2 Å². The molecule has 43 heavy (non-hydrogen) atoms. The molecule has 0 bridgehead atoms. The number of hydrogen-bond donors (Lipinski definition) is 2. The van der Waals surface area contributed by atoms with Gasteiger partial charge in [-0.05, 0) is 45.2 Å². The Morgan fingerprint density at radius 2 is 1.81 bits per heavy atom. The van der Waals surface area contributed by atoms with Crippen LogP contribution < -0.4 is 25.2 Å². The predicted molar refractivity (Wildman–Crippen MR) is 171 cm³/mol. The lowest BCUT2D eigenvalue weighted by molar-refractivity contribution is -0.140.